The molecule has 0 saturated carbocycles. The van der Waals surface area contributed by atoms with Gasteiger partial charge in [0.1, 0.15) is 0 Å². The van der Waals surface area contributed by atoms with Crippen LogP contribution in [-0.4, -0.2) is 56.2 Å². The maximum Gasteiger partial charge on any atom is 0.225 e. The molecule has 3 atom stereocenters. The number of likely N-dealkylation sites (N-methyl/N-ethyl adjacent to an activating group) is 1. The Bertz CT molecular complexity index is 783. The Morgan fingerprint density at radius 2 is 1.79 bits per heavy atom. The summed E-state index contributed by atoms with van der Waals surface area (Å²) in [4.78, 5) is 17.6. The lowest BCUT2D eigenvalue weighted by molar-refractivity contribution is -0.126. The van der Waals surface area contributed by atoms with Crippen molar-refractivity contribution in [1.82, 2.24) is 10.2 Å². The molecule has 2 aromatic rings. The number of nitrogens with one attached hydrogen (secondary N) is 1. The average Bonchev–Trinajstić information content (AvgIpc) is 3.29. The van der Waals surface area contributed by atoms with Gasteiger partial charge < -0.3 is 15.0 Å². The van der Waals surface area contributed by atoms with Crippen molar-refractivity contribution in [3.8, 4) is 0 Å². The summed E-state index contributed by atoms with van der Waals surface area (Å²) in [5, 5.41) is 3.19. The minimum Gasteiger partial charge on any atom is -0.373 e. The van der Waals surface area contributed by atoms with Gasteiger partial charge in [-0.3, -0.25) is 9.69 Å². The van der Waals surface area contributed by atoms with Gasteiger partial charge >= 0.3 is 0 Å². The zero-order valence-electron chi connectivity index (χ0n) is 17.2. The van der Waals surface area contributed by atoms with Crippen LogP contribution in [0, 0.1) is 5.92 Å². The number of hydrogen-bond acceptors (Lipinski definition) is 4. The van der Waals surface area contributed by atoms with E-state index in [1.807, 2.05) is 24.3 Å². The Balaban J connectivity index is 1.36. The number of morpholine rings is 1. The van der Waals surface area contributed by atoms with Crippen molar-refractivity contribution < 1.29 is 9.53 Å². The Kier molecular flexibility index (Phi) is 6.47. The van der Waals surface area contributed by atoms with E-state index in [0.29, 0.717) is 13.2 Å². The molecule has 0 aromatic heterocycles. The first-order chi connectivity index (χ1) is 14.3. The average molecular weight is 394 g/mol. The lowest BCUT2D eigenvalue weighted by Gasteiger charge is -2.41. The molecule has 1 amide bonds. The number of ether oxygens (including phenoxy) is 1. The topological polar surface area (TPSA) is 44.8 Å². The van der Waals surface area contributed by atoms with Gasteiger partial charge in [0, 0.05) is 31.9 Å². The van der Waals surface area contributed by atoms with E-state index in [4.69, 9.17) is 4.74 Å². The quantitative estimate of drug-likeness (QED) is 0.819. The van der Waals surface area contributed by atoms with Gasteiger partial charge in [0.15, 0.2) is 0 Å². The summed E-state index contributed by atoms with van der Waals surface area (Å²) in [5.74, 6) is 0.184. The molecule has 4 rings (SSSR count). The monoisotopic (exact) mass is 393 g/mol. The van der Waals surface area contributed by atoms with Crippen LogP contribution in [0.25, 0.3) is 0 Å². The second-order valence-corrected chi connectivity index (χ2v) is 7.91. The van der Waals surface area contributed by atoms with Crippen LogP contribution in [0.2, 0.25) is 0 Å². The van der Waals surface area contributed by atoms with Crippen LogP contribution < -0.4 is 10.2 Å². The van der Waals surface area contributed by atoms with Gasteiger partial charge in [-0.1, -0.05) is 55.5 Å². The Labute approximate surface area is 173 Å². The fourth-order valence-electron chi connectivity index (χ4n) is 4.58. The lowest BCUT2D eigenvalue weighted by Crippen LogP contribution is -2.50. The third-order valence-electron chi connectivity index (χ3n) is 6.16. The van der Waals surface area contributed by atoms with Crippen LogP contribution >= 0.6 is 0 Å². The van der Waals surface area contributed by atoms with Crippen LogP contribution in [0.3, 0.4) is 0 Å². The summed E-state index contributed by atoms with van der Waals surface area (Å²) in [5.41, 5.74) is 2.45. The molecule has 2 aliphatic rings. The summed E-state index contributed by atoms with van der Waals surface area (Å²) in [7, 11) is 0. The fourth-order valence-corrected chi connectivity index (χ4v) is 4.58. The van der Waals surface area contributed by atoms with E-state index in [0.717, 1.165) is 32.6 Å². The van der Waals surface area contributed by atoms with Crippen molar-refractivity contribution in [2.45, 2.75) is 25.5 Å². The third-order valence-corrected chi connectivity index (χ3v) is 6.16. The first kappa shape index (κ1) is 19.9. The van der Waals surface area contributed by atoms with Crippen LogP contribution in [0.5, 0.6) is 0 Å². The van der Waals surface area contributed by atoms with Gasteiger partial charge in [0.25, 0.3) is 0 Å². The predicted molar refractivity (Wildman–Crippen MR) is 116 cm³/mol. The zero-order valence-corrected chi connectivity index (χ0v) is 17.2. The van der Waals surface area contributed by atoms with Crippen LogP contribution in [0.4, 0.5) is 5.69 Å². The molecule has 0 bridgehead atoms. The molecule has 29 heavy (non-hydrogen) atoms. The summed E-state index contributed by atoms with van der Waals surface area (Å²) >= 11 is 0. The van der Waals surface area contributed by atoms with E-state index in [1.54, 1.807) is 0 Å². The standard InChI is InChI=1S/C24H31N3O2/c1-2-26-15-16-29-22(23(26)19-9-5-3-6-10-19)17-25-24(28)20-13-14-27(18-20)21-11-7-4-8-12-21/h3-12,20,22-23H,2,13-18H2,1H3,(H,25,28)/t20?,22-,23-/m0/s1. The minimum atomic E-state index is -0.0262. The van der Waals surface area contributed by atoms with Crippen molar-refractivity contribution in [1.29, 1.82) is 0 Å². The van der Waals surface area contributed by atoms with E-state index in [2.05, 4.69) is 58.4 Å². The van der Waals surface area contributed by atoms with Crippen molar-refractivity contribution in [3.63, 3.8) is 0 Å². The lowest BCUT2D eigenvalue weighted by atomic mass is 9.97. The molecule has 1 unspecified atom stereocenters. The van der Waals surface area contributed by atoms with Gasteiger partial charge in [0.2, 0.25) is 5.91 Å². The van der Waals surface area contributed by atoms with Crippen molar-refractivity contribution in [2.24, 2.45) is 5.92 Å². The number of carbonyl (C=O) groups is 1. The Hall–Kier alpha value is -2.37. The summed E-state index contributed by atoms with van der Waals surface area (Å²) in [6.07, 6.45) is 0.872. The summed E-state index contributed by atoms with van der Waals surface area (Å²) < 4.78 is 6.11. The molecule has 0 radical (unpaired) electrons. The van der Waals surface area contributed by atoms with E-state index in [1.165, 1.54) is 11.3 Å². The maximum absolute atomic E-state index is 12.9. The minimum absolute atomic E-state index is 0.0262. The normalized spacial score (nSPS) is 25.1. The maximum atomic E-state index is 12.9. The van der Waals surface area contributed by atoms with Crippen LogP contribution in [0.1, 0.15) is 24.9 Å². The van der Waals surface area contributed by atoms with Gasteiger partial charge in [-0.25, -0.2) is 0 Å². The number of rotatable bonds is 6. The molecule has 2 aliphatic heterocycles. The molecule has 2 saturated heterocycles. The van der Waals surface area contributed by atoms with Gasteiger partial charge in [-0.05, 0) is 30.7 Å². The number of nitrogens with zero attached hydrogens (tertiary/aromatic N) is 2. The molecule has 2 fully saturated rings. The first-order valence-corrected chi connectivity index (χ1v) is 10.7. The highest BCUT2D eigenvalue weighted by molar-refractivity contribution is 5.80. The molecule has 0 aliphatic carbocycles. The fraction of sp³-hybridized carbons (Fsp3) is 0.458. The Morgan fingerprint density at radius 1 is 1.07 bits per heavy atom. The van der Waals surface area contributed by atoms with E-state index in [-0.39, 0.29) is 24.0 Å². The molecular weight excluding hydrogens is 362 g/mol. The van der Waals surface area contributed by atoms with Crippen molar-refractivity contribution in [3.05, 3.63) is 66.2 Å². The van der Waals surface area contributed by atoms with E-state index >= 15 is 0 Å². The van der Waals surface area contributed by atoms with Crippen molar-refractivity contribution in [2.75, 3.05) is 44.2 Å². The molecular formula is C24H31N3O2. The number of hydrogen-bond donors (Lipinski definition) is 1. The molecule has 2 heterocycles. The predicted octanol–water partition coefficient (Wildman–Crippen LogP) is 3.09. The number of anilines is 1. The van der Waals surface area contributed by atoms with E-state index < -0.39 is 0 Å². The van der Waals surface area contributed by atoms with Gasteiger partial charge in [-0.2, -0.15) is 0 Å². The highest BCUT2D eigenvalue weighted by Crippen LogP contribution is 2.29. The largest absolute Gasteiger partial charge is 0.373 e. The highest BCUT2D eigenvalue weighted by Gasteiger charge is 2.34. The number of para-hydroxylation sites is 1. The Morgan fingerprint density at radius 3 is 2.52 bits per heavy atom. The smallest absolute Gasteiger partial charge is 0.225 e. The zero-order chi connectivity index (χ0) is 20.1. The molecule has 1 N–H and O–H groups in total. The molecule has 5 heteroatoms. The number of amides is 1. The molecule has 0 spiro atoms. The SMILES string of the molecule is CCN1CCO[C@@H](CNC(=O)C2CCN(c3ccccc3)C2)[C@@H]1c1ccccc1. The molecule has 5 nitrogen and oxygen atoms in total. The van der Waals surface area contributed by atoms with Crippen LogP contribution in [-0.2, 0) is 9.53 Å². The van der Waals surface area contributed by atoms with Crippen molar-refractivity contribution >= 4 is 11.6 Å². The summed E-state index contributed by atoms with van der Waals surface area (Å²) in [6, 6.07) is 21.0. The van der Waals surface area contributed by atoms with E-state index in [9.17, 15) is 4.79 Å². The highest BCUT2D eigenvalue weighted by atomic mass is 16.5. The second-order valence-electron chi connectivity index (χ2n) is 7.91. The summed E-state index contributed by atoms with van der Waals surface area (Å²) in [6.45, 7) is 7.06. The first-order valence-electron chi connectivity index (χ1n) is 10.7. The third kappa shape index (κ3) is 4.62. The van der Waals surface area contributed by atoms with Gasteiger partial charge in [0.05, 0.1) is 24.7 Å². The van der Waals surface area contributed by atoms with Gasteiger partial charge in [-0.15, -0.1) is 0 Å². The second kappa shape index (κ2) is 9.42. The molecule has 154 valence electrons. The number of benzene rings is 2. The molecule has 2 aromatic carbocycles. The van der Waals surface area contributed by atoms with Crippen LogP contribution in [0.15, 0.2) is 60.7 Å². The number of carbonyl (C=O) groups excluding carboxylic acids is 1.